The predicted molar refractivity (Wildman–Crippen MR) is 132 cm³/mol. The fourth-order valence-corrected chi connectivity index (χ4v) is 6.19. The number of alkyl halides is 3. The molecule has 36 heavy (non-hydrogen) atoms. The Morgan fingerprint density at radius 1 is 0.861 bits per heavy atom. The van der Waals surface area contributed by atoms with Gasteiger partial charge < -0.3 is 4.74 Å². The molecular formula is C30H26F3NO2. The highest BCUT2D eigenvalue weighted by Gasteiger charge is 2.41. The first-order chi connectivity index (χ1) is 17.4. The Bertz CT molecular complexity index is 1300. The van der Waals surface area contributed by atoms with Crippen molar-refractivity contribution in [1.29, 1.82) is 0 Å². The third-order valence-corrected chi connectivity index (χ3v) is 7.76. The van der Waals surface area contributed by atoms with Gasteiger partial charge in [0.15, 0.2) is 0 Å². The van der Waals surface area contributed by atoms with Gasteiger partial charge in [0.25, 0.3) is 0 Å². The summed E-state index contributed by atoms with van der Waals surface area (Å²) < 4.78 is 46.9. The smallest absolute Gasteiger partial charge is 0.416 e. The topological polar surface area (TPSA) is 29.5 Å². The number of piperidine rings is 1. The Morgan fingerprint density at radius 3 is 2.11 bits per heavy atom. The second-order valence-electron chi connectivity index (χ2n) is 9.80. The van der Waals surface area contributed by atoms with Crippen molar-refractivity contribution in [3.05, 3.63) is 101 Å². The highest BCUT2D eigenvalue weighted by atomic mass is 19.4. The van der Waals surface area contributed by atoms with Crippen molar-refractivity contribution < 1.29 is 22.7 Å². The summed E-state index contributed by atoms with van der Waals surface area (Å²) in [4.78, 5) is 15.1. The number of amides is 1. The van der Waals surface area contributed by atoms with Crippen LogP contribution in [0.15, 0.2) is 78.9 Å². The molecule has 1 aliphatic carbocycles. The summed E-state index contributed by atoms with van der Waals surface area (Å²) in [6.07, 6.45) is -0.144. The van der Waals surface area contributed by atoms with E-state index in [0.29, 0.717) is 12.0 Å². The molecule has 2 bridgehead atoms. The first kappa shape index (κ1) is 22.9. The molecule has 0 radical (unpaired) electrons. The van der Waals surface area contributed by atoms with Crippen LogP contribution in [0.2, 0.25) is 0 Å². The van der Waals surface area contributed by atoms with Gasteiger partial charge in [0.05, 0.1) is 11.6 Å². The lowest BCUT2D eigenvalue weighted by Gasteiger charge is -2.44. The zero-order chi connectivity index (χ0) is 24.9. The predicted octanol–water partition coefficient (Wildman–Crippen LogP) is 7.66. The molecule has 1 fully saturated rings. The average Bonchev–Trinajstić information content (AvgIpc) is 3.20. The SMILES string of the molecule is O=C(OCC1c2ccccc2-c2ccccc21)N1C2C=C(c3ccccc3C(F)(F)F)CC1CCC2. The number of nitrogens with zero attached hydrogens (tertiary/aromatic N) is 1. The van der Waals surface area contributed by atoms with Gasteiger partial charge in [-0.3, -0.25) is 4.90 Å². The molecule has 2 heterocycles. The number of benzene rings is 3. The number of halogens is 3. The Kier molecular flexibility index (Phi) is 5.62. The number of ether oxygens (including phenoxy) is 1. The van der Waals surface area contributed by atoms with Crippen molar-refractivity contribution in [2.75, 3.05) is 6.61 Å². The van der Waals surface area contributed by atoms with E-state index in [1.54, 1.807) is 11.0 Å². The van der Waals surface area contributed by atoms with E-state index in [-0.39, 0.29) is 36.3 Å². The minimum Gasteiger partial charge on any atom is -0.448 e. The third kappa shape index (κ3) is 3.89. The number of carbonyl (C=O) groups is 1. The van der Waals surface area contributed by atoms with Crippen molar-refractivity contribution in [2.45, 2.75) is 49.9 Å². The van der Waals surface area contributed by atoms with Gasteiger partial charge in [0.1, 0.15) is 6.61 Å². The summed E-state index contributed by atoms with van der Waals surface area (Å²) in [6, 6.07) is 21.7. The van der Waals surface area contributed by atoms with Crippen LogP contribution in [-0.2, 0) is 10.9 Å². The maximum atomic E-state index is 13.6. The molecule has 0 spiro atoms. The summed E-state index contributed by atoms with van der Waals surface area (Å²) in [5.74, 6) is -0.0317. The number of fused-ring (bicyclic) bond motifs is 5. The van der Waals surface area contributed by atoms with Crippen LogP contribution < -0.4 is 0 Å². The molecule has 6 rings (SSSR count). The highest BCUT2D eigenvalue weighted by molar-refractivity contribution is 5.79. The molecule has 2 aliphatic heterocycles. The molecule has 184 valence electrons. The van der Waals surface area contributed by atoms with Crippen molar-refractivity contribution in [3.8, 4) is 11.1 Å². The molecule has 1 amide bonds. The maximum Gasteiger partial charge on any atom is 0.416 e. The maximum absolute atomic E-state index is 13.6. The van der Waals surface area contributed by atoms with Crippen LogP contribution in [0.25, 0.3) is 16.7 Å². The molecule has 1 saturated heterocycles. The molecule has 2 atom stereocenters. The quantitative estimate of drug-likeness (QED) is 0.378. The van der Waals surface area contributed by atoms with Crippen LogP contribution >= 0.6 is 0 Å². The summed E-state index contributed by atoms with van der Waals surface area (Å²) in [7, 11) is 0. The Hall–Kier alpha value is -3.54. The van der Waals surface area contributed by atoms with Crippen LogP contribution in [0.1, 0.15) is 53.9 Å². The molecule has 2 unspecified atom stereocenters. The zero-order valence-electron chi connectivity index (χ0n) is 19.7. The molecule has 3 aromatic carbocycles. The average molecular weight is 490 g/mol. The number of carbonyl (C=O) groups excluding carboxylic acids is 1. The van der Waals surface area contributed by atoms with E-state index < -0.39 is 11.7 Å². The lowest BCUT2D eigenvalue weighted by atomic mass is 9.82. The lowest BCUT2D eigenvalue weighted by Crippen LogP contribution is -2.52. The fourth-order valence-electron chi connectivity index (χ4n) is 6.19. The molecular weight excluding hydrogens is 463 g/mol. The van der Waals surface area contributed by atoms with Crippen LogP contribution in [0.5, 0.6) is 0 Å². The largest absolute Gasteiger partial charge is 0.448 e. The molecule has 0 saturated carbocycles. The summed E-state index contributed by atoms with van der Waals surface area (Å²) in [5, 5.41) is 0. The summed E-state index contributed by atoms with van der Waals surface area (Å²) in [6.45, 7) is 0.232. The van der Waals surface area contributed by atoms with E-state index in [9.17, 15) is 18.0 Å². The van der Waals surface area contributed by atoms with Gasteiger partial charge >= 0.3 is 12.3 Å². The zero-order valence-corrected chi connectivity index (χ0v) is 19.7. The van der Waals surface area contributed by atoms with Gasteiger partial charge in [-0.15, -0.1) is 0 Å². The fraction of sp³-hybridized carbons (Fsp3) is 0.300. The number of hydrogen-bond donors (Lipinski definition) is 0. The van der Waals surface area contributed by atoms with E-state index in [1.807, 2.05) is 30.3 Å². The highest BCUT2D eigenvalue weighted by Crippen LogP contribution is 2.45. The normalized spacial score (nSPS) is 21.0. The van der Waals surface area contributed by atoms with E-state index in [1.165, 1.54) is 23.3 Å². The molecule has 3 nitrogen and oxygen atoms in total. The van der Waals surface area contributed by atoms with Crippen LogP contribution in [0.3, 0.4) is 0 Å². The third-order valence-electron chi connectivity index (χ3n) is 7.76. The number of hydrogen-bond acceptors (Lipinski definition) is 2. The molecule has 3 aromatic rings. The van der Waals surface area contributed by atoms with Crippen LogP contribution in [0, 0.1) is 0 Å². The lowest BCUT2D eigenvalue weighted by molar-refractivity contribution is -0.137. The van der Waals surface area contributed by atoms with Gasteiger partial charge in [-0.1, -0.05) is 72.8 Å². The van der Waals surface area contributed by atoms with Crippen LogP contribution in [0.4, 0.5) is 18.0 Å². The Labute approximate surface area is 208 Å². The van der Waals surface area contributed by atoms with Gasteiger partial charge in [-0.05, 0) is 65.1 Å². The summed E-state index contributed by atoms with van der Waals surface area (Å²) >= 11 is 0. The van der Waals surface area contributed by atoms with Crippen molar-refractivity contribution in [1.82, 2.24) is 4.90 Å². The first-order valence-corrected chi connectivity index (χ1v) is 12.4. The van der Waals surface area contributed by atoms with Gasteiger partial charge in [0, 0.05) is 12.0 Å². The standard InChI is InChI=1S/C30H26F3NO2/c31-30(32,33)28-15-6-5-10-22(28)19-16-20-8-7-9-21(17-19)34(20)29(35)36-18-27-25-13-3-1-11-23(25)24-12-2-4-14-26(24)27/h1-6,10-16,20-21,27H,7-9,17-18H2. The Morgan fingerprint density at radius 2 is 1.47 bits per heavy atom. The molecule has 3 aliphatic rings. The van der Waals surface area contributed by atoms with Crippen molar-refractivity contribution in [2.24, 2.45) is 0 Å². The monoisotopic (exact) mass is 489 g/mol. The van der Waals surface area contributed by atoms with E-state index in [4.69, 9.17) is 4.74 Å². The van der Waals surface area contributed by atoms with Crippen molar-refractivity contribution >= 4 is 11.7 Å². The second-order valence-corrected chi connectivity index (χ2v) is 9.80. The van der Waals surface area contributed by atoms with Gasteiger partial charge in [-0.25, -0.2) is 4.79 Å². The van der Waals surface area contributed by atoms with E-state index in [2.05, 4.69) is 24.3 Å². The summed E-state index contributed by atoms with van der Waals surface area (Å²) in [5.41, 5.74) is 4.89. The van der Waals surface area contributed by atoms with Crippen LogP contribution in [-0.4, -0.2) is 29.7 Å². The Balaban J connectivity index is 1.24. The molecule has 6 heteroatoms. The number of rotatable bonds is 3. The first-order valence-electron chi connectivity index (χ1n) is 12.4. The molecule has 0 aromatic heterocycles. The minimum atomic E-state index is -4.42. The molecule has 0 N–H and O–H groups in total. The van der Waals surface area contributed by atoms with Gasteiger partial charge in [0.2, 0.25) is 0 Å². The second kappa shape index (κ2) is 8.84. The van der Waals surface area contributed by atoms with Crippen molar-refractivity contribution in [3.63, 3.8) is 0 Å². The van der Waals surface area contributed by atoms with Gasteiger partial charge in [-0.2, -0.15) is 13.2 Å². The van der Waals surface area contributed by atoms with E-state index >= 15 is 0 Å². The minimum absolute atomic E-state index is 0.0317. The van der Waals surface area contributed by atoms with E-state index in [0.717, 1.165) is 36.5 Å².